The van der Waals surface area contributed by atoms with Crippen molar-refractivity contribution in [2.45, 2.75) is 31.5 Å². The Morgan fingerprint density at radius 1 is 1.47 bits per heavy atom. The van der Waals surface area contributed by atoms with Gasteiger partial charge in [0.25, 0.3) is 10.1 Å². The first-order valence-corrected chi connectivity index (χ1v) is 7.78. The van der Waals surface area contributed by atoms with E-state index >= 15 is 0 Å². The standard InChI is InChI=1S/C10H15BrO4S.H3N/c1-9-4-3-6(7(11)8(9)12)10(9,2)5-16(13,14)15;/h6-7H,3-5H2,1-2H3,(H,13,14,15);1H3/t6?,7-,9?,10-;/m0./s1. The lowest BCUT2D eigenvalue weighted by Gasteiger charge is -2.35. The van der Waals surface area contributed by atoms with E-state index in [4.69, 9.17) is 4.55 Å². The van der Waals surface area contributed by atoms with Gasteiger partial charge in [-0.1, -0.05) is 29.8 Å². The van der Waals surface area contributed by atoms with Gasteiger partial charge < -0.3 is 6.15 Å². The van der Waals surface area contributed by atoms with Gasteiger partial charge in [-0.25, -0.2) is 0 Å². The van der Waals surface area contributed by atoms with Crippen molar-refractivity contribution in [3.8, 4) is 0 Å². The molecule has 0 spiro atoms. The Kier molecular flexibility index (Phi) is 3.56. The van der Waals surface area contributed by atoms with Crippen molar-refractivity contribution in [1.82, 2.24) is 6.15 Å². The van der Waals surface area contributed by atoms with Crippen LogP contribution in [-0.4, -0.2) is 29.3 Å². The maximum atomic E-state index is 12.1. The average Bonchev–Trinajstić information content (AvgIpc) is 2.40. The maximum Gasteiger partial charge on any atom is 0.265 e. The second-order valence-electron chi connectivity index (χ2n) is 5.39. The number of fused-ring (bicyclic) bond motifs is 2. The van der Waals surface area contributed by atoms with Gasteiger partial charge in [0.05, 0.1) is 10.6 Å². The Labute approximate surface area is 110 Å². The minimum absolute atomic E-state index is 0. The van der Waals surface area contributed by atoms with Crippen molar-refractivity contribution in [2.75, 3.05) is 5.75 Å². The molecule has 5 nitrogen and oxygen atoms in total. The Hall–Kier alpha value is 0.0200. The highest BCUT2D eigenvalue weighted by Crippen LogP contribution is 2.65. The highest BCUT2D eigenvalue weighted by atomic mass is 79.9. The van der Waals surface area contributed by atoms with E-state index in [9.17, 15) is 13.2 Å². The van der Waals surface area contributed by atoms with Crippen LogP contribution in [0.15, 0.2) is 0 Å². The van der Waals surface area contributed by atoms with Crippen LogP contribution in [0.5, 0.6) is 0 Å². The van der Waals surface area contributed by atoms with Crippen LogP contribution >= 0.6 is 15.9 Å². The van der Waals surface area contributed by atoms with Crippen LogP contribution in [0.4, 0.5) is 0 Å². The largest absolute Gasteiger partial charge is 0.344 e. The summed E-state index contributed by atoms with van der Waals surface area (Å²) in [6.07, 6.45) is 1.55. The molecule has 0 amide bonds. The van der Waals surface area contributed by atoms with Gasteiger partial charge in [-0.2, -0.15) is 8.42 Å². The summed E-state index contributed by atoms with van der Waals surface area (Å²) in [6.45, 7) is 3.62. The number of carbonyl (C=O) groups excluding carboxylic acids is 1. The molecule has 2 fully saturated rings. The van der Waals surface area contributed by atoms with Crippen molar-refractivity contribution >= 4 is 31.8 Å². The maximum absolute atomic E-state index is 12.1. The molecule has 0 heterocycles. The molecule has 0 saturated heterocycles. The molecule has 7 heteroatoms. The molecule has 0 aromatic heterocycles. The Balaban J connectivity index is 0.00000144. The molecular formula is C10H18BrNO4S. The molecule has 0 aliphatic heterocycles. The molecule has 2 rings (SSSR count). The molecule has 2 bridgehead atoms. The summed E-state index contributed by atoms with van der Waals surface area (Å²) < 4.78 is 31.2. The van der Waals surface area contributed by atoms with Crippen LogP contribution in [0.2, 0.25) is 0 Å². The zero-order chi connectivity index (χ0) is 12.4. The van der Waals surface area contributed by atoms with E-state index in [1.807, 2.05) is 6.92 Å². The SMILES string of the molecule is CC12CCC([C@H](Br)C1=O)[C@]2(C)CS(=O)(=O)O.N. The summed E-state index contributed by atoms with van der Waals surface area (Å²) in [5, 5.41) is 0. The lowest BCUT2D eigenvalue weighted by molar-refractivity contribution is -0.127. The summed E-state index contributed by atoms with van der Waals surface area (Å²) in [6, 6.07) is 0. The highest BCUT2D eigenvalue weighted by molar-refractivity contribution is 9.10. The van der Waals surface area contributed by atoms with Gasteiger partial charge in [0, 0.05) is 10.8 Å². The van der Waals surface area contributed by atoms with Crippen molar-refractivity contribution in [3.05, 3.63) is 0 Å². The number of Topliss-reactive ketones (excluding diaryl/α,β-unsaturated/α-hetero) is 1. The summed E-state index contributed by atoms with van der Waals surface area (Å²) in [4.78, 5) is 11.8. The second kappa shape index (κ2) is 4.01. The van der Waals surface area contributed by atoms with Gasteiger partial charge in [0.1, 0.15) is 0 Å². The zero-order valence-corrected chi connectivity index (χ0v) is 12.3. The van der Waals surface area contributed by atoms with Gasteiger partial charge in [-0.05, 0) is 18.8 Å². The van der Waals surface area contributed by atoms with Crippen LogP contribution < -0.4 is 6.15 Å². The number of hydrogen-bond donors (Lipinski definition) is 2. The van der Waals surface area contributed by atoms with Crippen LogP contribution in [0.1, 0.15) is 26.7 Å². The van der Waals surface area contributed by atoms with E-state index in [1.54, 1.807) is 6.92 Å². The molecule has 4 atom stereocenters. The molecule has 2 unspecified atom stereocenters. The van der Waals surface area contributed by atoms with Crippen LogP contribution in [-0.2, 0) is 14.9 Å². The lowest BCUT2D eigenvalue weighted by Crippen LogP contribution is -2.40. The third kappa shape index (κ3) is 1.87. The first-order valence-electron chi connectivity index (χ1n) is 5.25. The first kappa shape index (κ1) is 15.1. The van der Waals surface area contributed by atoms with Gasteiger partial charge in [0.15, 0.2) is 5.78 Å². The number of hydrogen-bond acceptors (Lipinski definition) is 4. The molecule has 2 aliphatic carbocycles. The zero-order valence-electron chi connectivity index (χ0n) is 9.94. The number of ketones is 1. The van der Waals surface area contributed by atoms with E-state index in [0.717, 1.165) is 6.42 Å². The fraction of sp³-hybridized carbons (Fsp3) is 0.900. The van der Waals surface area contributed by atoms with Crippen LogP contribution in [0.3, 0.4) is 0 Å². The Morgan fingerprint density at radius 3 is 2.35 bits per heavy atom. The number of carbonyl (C=O) groups is 1. The van der Waals surface area contributed by atoms with Crippen molar-refractivity contribution in [3.63, 3.8) is 0 Å². The minimum Gasteiger partial charge on any atom is -0.344 e. The third-order valence-electron chi connectivity index (χ3n) is 4.66. The Morgan fingerprint density at radius 2 is 2.00 bits per heavy atom. The second-order valence-corrected chi connectivity index (χ2v) is 7.83. The summed E-state index contributed by atoms with van der Waals surface area (Å²) >= 11 is 3.35. The van der Waals surface area contributed by atoms with Crippen molar-refractivity contribution in [1.29, 1.82) is 0 Å². The van der Waals surface area contributed by atoms with Crippen molar-refractivity contribution in [2.24, 2.45) is 16.7 Å². The quantitative estimate of drug-likeness (QED) is 0.594. The predicted octanol–water partition coefficient (Wildman–Crippen LogP) is 1.80. The fourth-order valence-electron chi connectivity index (χ4n) is 3.46. The summed E-state index contributed by atoms with van der Waals surface area (Å²) in [5.74, 6) is -0.239. The summed E-state index contributed by atoms with van der Waals surface area (Å²) in [7, 11) is -4.05. The first-order chi connectivity index (χ1) is 7.12. The minimum atomic E-state index is -4.05. The van der Waals surface area contributed by atoms with Crippen LogP contribution in [0.25, 0.3) is 0 Å². The van der Waals surface area contributed by atoms with Gasteiger partial charge >= 0.3 is 0 Å². The van der Waals surface area contributed by atoms with E-state index in [-0.39, 0.29) is 28.4 Å². The third-order valence-corrected chi connectivity index (χ3v) is 6.68. The van der Waals surface area contributed by atoms with E-state index in [0.29, 0.717) is 6.42 Å². The highest BCUT2D eigenvalue weighted by Gasteiger charge is 2.68. The predicted molar refractivity (Wildman–Crippen MR) is 68.1 cm³/mol. The monoisotopic (exact) mass is 327 g/mol. The molecule has 0 aromatic rings. The molecular weight excluding hydrogens is 310 g/mol. The number of halogens is 1. The number of alkyl halides is 1. The van der Waals surface area contributed by atoms with Crippen molar-refractivity contribution < 1.29 is 17.8 Å². The number of rotatable bonds is 2. The van der Waals surface area contributed by atoms with E-state index in [2.05, 4.69) is 15.9 Å². The van der Waals surface area contributed by atoms with E-state index in [1.165, 1.54) is 0 Å². The molecule has 2 saturated carbocycles. The molecule has 100 valence electrons. The lowest BCUT2D eigenvalue weighted by atomic mass is 9.70. The van der Waals surface area contributed by atoms with Crippen LogP contribution in [0, 0.1) is 16.7 Å². The topological polar surface area (TPSA) is 106 Å². The van der Waals surface area contributed by atoms with E-state index < -0.39 is 20.9 Å². The fourth-order valence-corrected chi connectivity index (χ4v) is 6.11. The smallest absolute Gasteiger partial charge is 0.265 e. The summed E-state index contributed by atoms with van der Waals surface area (Å²) in [5.41, 5.74) is -1.27. The van der Waals surface area contributed by atoms with Gasteiger partial charge in [0.2, 0.25) is 0 Å². The Bertz CT molecular complexity index is 451. The molecule has 4 N–H and O–H groups in total. The average molecular weight is 328 g/mol. The molecule has 0 radical (unpaired) electrons. The molecule has 0 aromatic carbocycles. The normalized spacial score (nSPS) is 44.8. The molecule has 17 heavy (non-hydrogen) atoms. The molecule has 2 aliphatic rings. The van der Waals surface area contributed by atoms with Gasteiger partial charge in [-0.3, -0.25) is 9.35 Å². The van der Waals surface area contributed by atoms with Gasteiger partial charge in [-0.15, -0.1) is 0 Å².